The molecule has 1 rings (SSSR count). The summed E-state index contributed by atoms with van der Waals surface area (Å²) >= 11 is 0. The lowest BCUT2D eigenvalue weighted by atomic mass is 10.2. The summed E-state index contributed by atoms with van der Waals surface area (Å²) in [6.45, 7) is 10.3. The number of rotatable bonds is 7. The molecule has 1 heterocycles. The fourth-order valence-electron chi connectivity index (χ4n) is 1.81. The molecule has 0 atom stereocenters. The van der Waals surface area contributed by atoms with Gasteiger partial charge >= 0.3 is 0 Å². The van der Waals surface area contributed by atoms with Gasteiger partial charge in [-0.15, -0.1) is 0 Å². The predicted molar refractivity (Wildman–Crippen MR) is 86.7 cm³/mol. The van der Waals surface area contributed by atoms with E-state index in [1.54, 1.807) is 14.1 Å². The molecular formula is C15H28N4O3. The first-order chi connectivity index (χ1) is 10.3. The Kier molecular flexibility index (Phi) is 7.34. The Morgan fingerprint density at radius 2 is 1.95 bits per heavy atom. The van der Waals surface area contributed by atoms with Gasteiger partial charge in [0.1, 0.15) is 6.54 Å². The van der Waals surface area contributed by atoms with Crippen LogP contribution in [0.15, 0.2) is 17.1 Å². The van der Waals surface area contributed by atoms with E-state index in [-0.39, 0.29) is 12.5 Å². The minimum absolute atomic E-state index is 0.0501. The van der Waals surface area contributed by atoms with Crippen molar-refractivity contribution in [2.24, 2.45) is 4.99 Å². The van der Waals surface area contributed by atoms with Gasteiger partial charge < -0.3 is 25.0 Å². The molecule has 1 saturated heterocycles. The van der Waals surface area contributed by atoms with E-state index in [1.807, 2.05) is 13.8 Å². The highest BCUT2D eigenvalue weighted by Crippen LogP contribution is 2.21. The third kappa shape index (κ3) is 6.91. The maximum atomic E-state index is 11.6. The summed E-state index contributed by atoms with van der Waals surface area (Å²) in [6, 6.07) is 0. The maximum absolute atomic E-state index is 11.6. The first kappa shape index (κ1) is 18.4. The van der Waals surface area contributed by atoms with Gasteiger partial charge in [-0.05, 0) is 13.8 Å². The maximum Gasteiger partial charge on any atom is 0.243 e. The van der Waals surface area contributed by atoms with E-state index in [9.17, 15) is 4.79 Å². The van der Waals surface area contributed by atoms with Crippen molar-refractivity contribution in [2.45, 2.75) is 26.1 Å². The van der Waals surface area contributed by atoms with Crippen molar-refractivity contribution in [3.8, 4) is 0 Å². The topological polar surface area (TPSA) is 75.2 Å². The second kappa shape index (κ2) is 8.75. The zero-order chi connectivity index (χ0) is 16.6. The largest absolute Gasteiger partial charge is 0.356 e. The molecule has 0 aromatic carbocycles. The fourth-order valence-corrected chi connectivity index (χ4v) is 1.81. The van der Waals surface area contributed by atoms with Gasteiger partial charge in [-0.3, -0.25) is 4.79 Å². The van der Waals surface area contributed by atoms with Crippen LogP contribution in [0.4, 0.5) is 0 Å². The molecule has 1 amide bonds. The normalized spacial score (nSPS) is 17.2. The molecule has 7 nitrogen and oxygen atoms in total. The highest BCUT2D eigenvalue weighted by atomic mass is 16.7. The van der Waals surface area contributed by atoms with Gasteiger partial charge in [-0.2, -0.15) is 0 Å². The third-order valence-electron chi connectivity index (χ3n) is 3.20. The van der Waals surface area contributed by atoms with E-state index in [4.69, 9.17) is 9.47 Å². The molecule has 0 spiro atoms. The van der Waals surface area contributed by atoms with E-state index < -0.39 is 5.79 Å². The van der Waals surface area contributed by atoms with Crippen LogP contribution >= 0.6 is 0 Å². The number of aliphatic imine (C=N–C) groups is 1. The van der Waals surface area contributed by atoms with Crippen LogP contribution in [-0.2, 0) is 14.3 Å². The van der Waals surface area contributed by atoms with Gasteiger partial charge in [-0.25, -0.2) is 4.99 Å². The highest BCUT2D eigenvalue weighted by molar-refractivity contribution is 5.84. The Bertz CT molecular complexity index is 415. The minimum atomic E-state index is -0.536. The van der Waals surface area contributed by atoms with E-state index in [0.29, 0.717) is 38.7 Å². The molecule has 1 fully saturated rings. The minimum Gasteiger partial charge on any atom is -0.356 e. The Hall–Kier alpha value is -1.60. The summed E-state index contributed by atoms with van der Waals surface area (Å²) < 4.78 is 11.1. The van der Waals surface area contributed by atoms with E-state index in [1.165, 1.54) is 4.90 Å². The smallest absolute Gasteiger partial charge is 0.243 e. The Morgan fingerprint density at radius 3 is 2.50 bits per heavy atom. The summed E-state index contributed by atoms with van der Waals surface area (Å²) in [4.78, 5) is 17.4. The number of hydrogen-bond donors (Lipinski definition) is 2. The zero-order valence-electron chi connectivity index (χ0n) is 14.1. The van der Waals surface area contributed by atoms with Gasteiger partial charge in [-0.1, -0.05) is 12.2 Å². The molecule has 0 unspecified atom stereocenters. The van der Waals surface area contributed by atoms with Gasteiger partial charge in [0, 0.05) is 33.6 Å². The lowest BCUT2D eigenvalue weighted by molar-refractivity contribution is -0.145. The van der Waals surface area contributed by atoms with E-state index >= 15 is 0 Å². The molecular weight excluding hydrogens is 284 g/mol. The van der Waals surface area contributed by atoms with Crippen LogP contribution in [0.2, 0.25) is 0 Å². The van der Waals surface area contributed by atoms with Crippen LogP contribution in [-0.4, -0.2) is 69.5 Å². The number of nitrogens with zero attached hydrogens (tertiary/aromatic N) is 2. The number of carbonyl (C=O) groups is 1. The lowest BCUT2D eigenvalue weighted by Gasteiger charge is -2.23. The molecule has 7 heteroatoms. The van der Waals surface area contributed by atoms with Crippen LogP contribution in [0.3, 0.4) is 0 Å². The quantitative estimate of drug-likeness (QED) is 0.403. The van der Waals surface area contributed by atoms with Gasteiger partial charge in [0.25, 0.3) is 0 Å². The fraction of sp³-hybridized carbons (Fsp3) is 0.733. The summed E-state index contributed by atoms with van der Waals surface area (Å²) in [5.74, 6) is -0.00279. The molecule has 2 N–H and O–H groups in total. The first-order valence-electron chi connectivity index (χ1n) is 7.47. The first-order valence-corrected chi connectivity index (χ1v) is 7.47. The van der Waals surface area contributed by atoms with E-state index in [0.717, 1.165) is 5.57 Å². The van der Waals surface area contributed by atoms with Crippen molar-refractivity contribution in [1.82, 2.24) is 15.5 Å². The summed E-state index contributed by atoms with van der Waals surface area (Å²) in [5.41, 5.74) is 0.989. The van der Waals surface area contributed by atoms with Crippen molar-refractivity contribution in [1.29, 1.82) is 0 Å². The van der Waals surface area contributed by atoms with Crippen molar-refractivity contribution < 1.29 is 14.3 Å². The molecule has 0 aromatic rings. The van der Waals surface area contributed by atoms with Crippen LogP contribution in [0.1, 0.15) is 20.3 Å². The Labute approximate surface area is 132 Å². The lowest BCUT2D eigenvalue weighted by Crippen LogP contribution is -2.41. The average molecular weight is 312 g/mol. The molecule has 1 aliphatic rings. The van der Waals surface area contributed by atoms with Crippen LogP contribution in [0, 0.1) is 0 Å². The van der Waals surface area contributed by atoms with Crippen LogP contribution in [0.5, 0.6) is 0 Å². The number of ether oxygens (including phenoxy) is 2. The molecule has 0 bridgehead atoms. The van der Waals surface area contributed by atoms with Crippen LogP contribution in [0.25, 0.3) is 0 Å². The monoisotopic (exact) mass is 312 g/mol. The van der Waals surface area contributed by atoms with Gasteiger partial charge in [0.15, 0.2) is 11.7 Å². The Morgan fingerprint density at radius 1 is 1.32 bits per heavy atom. The SMILES string of the molecule is C=C(C)CNC(=NCC(=O)N(C)C)NCCC1(C)OCCO1. The summed E-state index contributed by atoms with van der Waals surface area (Å²) in [5, 5.41) is 6.33. The van der Waals surface area contributed by atoms with Crippen molar-refractivity contribution >= 4 is 11.9 Å². The number of nitrogens with one attached hydrogen (secondary N) is 2. The Balaban J connectivity index is 2.47. The molecule has 1 aliphatic heterocycles. The second-order valence-corrected chi connectivity index (χ2v) is 5.77. The van der Waals surface area contributed by atoms with Crippen LogP contribution < -0.4 is 10.6 Å². The van der Waals surface area contributed by atoms with Crippen molar-refractivity contribution in [3.63, 3.8) is 0 Å². The number of hydrogen-bond acceptors (Lipinski definition) is 4. The number of likely N-dealkylation sites (N-methyl/N-ethyl adjacent to an activating group) is 1. The molecule has 0 aromatic heterocycles. The number of guanidine groups is 1. The third-order valence-corrected chi connectivity index (χ3v) is 3.20. The summed E-state index contributed by atoms with van der Waals surface area (Å²) in [6.07, 6.45) is 0.697. The average Bonchev–Trinajstić information content (AvgIpc) is 2.87. The molecule has 0 radical (unpaired) electrons. The molecule has 126 valence electrons. The second-order valence-electron chi connectivity index (χ2n) is 5.77. The number of amides is 1. The zero-order valence-corrected chi connectivity index (χ0v) is 14.1. The standard InChI is InChI=1S/C15H28N4O3/c1-12(2)10-17-14(18-11-13(20)19(4)5)16-7-6-15(3)21-8-9-22-15/h1,6-11H2,2-5H3,(H2,16,17,18). The highest BCUT2D eigenvalue weighted by Gasteiger charge is 2.30. The van der Waals surface area contributed by atoms with E-state index in [2.05, 4.69) is 22.2 Å². The van der Waals surface area contributed by atoms with Crippen molar-refractivity contribution in [3.05, 3.63) is 12.2 Å². The summed E-state index contributed by atoms with van der Waals surface area (Å²) in [7, 11) is 3.42. The molecule has 0 aliphatic carbocycles. The van der Waals surface area contributed by atoms with Gasteiger partial charge in [0.05, 0.1) is 13.2 Å². The predicted octanol–water partition coefficient (Wildman–Crippen LogP) is 0.339. The number of carbonyl (C=O) groups excluding carboxylic acids is 1. The molecule has 0 saturated carbocycles. The van der Waals surface area contributed by atoms with Crippen molar-refractivity contribution in [2.75, 3.05) is 46.9 Å². The molecule has 22 heavy (non-hydrogen) atoms. The van der Waals surface area contributed by atoms with Gasteiger partial charge in [0.2, 0.25) is 5.91 Å².